The SMILES string of the molecule is Cc1ccc(C[C@H]2CN(C(=O)C=Cc3cccnc3)CCN2C(=O)c2cc(C(F)(F)F)cc(C(F)(F)F)c2)cc1C. The topological polar surface area (TPSA) is 53.5 Å². The number of rotatable bonds is 5. The molecule has 1 saturated heterocycles. The van der Waals surface area contributed by atoms with E-state index in [9.17, 15) is 35.9 Å². The van der Waals surface area contributed by atoms with Crippen LogP contribution in [0.1, 0.15) is 43.7 Å². The van der Waals surface area contributed by atoms with Gasteiger partial charge in [0.15, 0.2) is 0 Å². The van der Waals surface area contributed by atoms with Gasteiger partial charge in [0.1, 0.15) is 0 Å². The van der Waals surface area contributed by atoms with Gasteiger partial charge in [-0.15, -0.1) is 0 Å². The average Bonchev–Trinajstić information content (AvgIpc) is 2.92. The molecular weight excluding hydrogens is 548 g/mol. The number of aryl methyl sites for hydroxylation is 2. The smallest absolute Gasteiger partial charge is 0.335 e. The molecule has 0 unspecified atom stereocenters. The van der Waals surface area contributed by atoms with Crippen molar-refractivity contribution >= 4 is 17.9 Å². The fourth-order valence-corrected chi connectivity index (χ4v) is 4.69. The monoisotopic (exact) mass is 575 g/mol. The molecule has 5 nitrogen and oxygen atoms in total. The van der Waals surface area contributed by atoms with E-state index in [0.717, 1.165) is 16.7 Å². The summed E-state index contributed by atoms with van der Waals surface area (Å²) in [6.45, 7) is 3.86. The molecule has 1 aromatic heterocycles. The van der Waals surface area contributed by atoms with Crippen LogP contribution >= 0.6 is 0 Å². The van der Waals surface area contributed by atoms with Crippen molar-refractivity contribution in [3.63, 3.8) is 0 Å². The Bertz CT molecular complexity index is 1420. The highest BCUT2D eigenvalue weighted by molar-refractivity contribution is 5.96. The molecule has 1 atom stereocenters. The van der Waals surface area contributed by atoms with E-state index in [-0.39, 0.29) is 38.0 Å². The summed E-state index contributed by atoms with van der Waals surface area (Å²) in [7, 11) is 0. The molecule has 0 spiro atoms. The van der Waals surface area contributed by atoms with Gasteiger partial charge in [0.05, 0.1) is 17.2 Å². The van der Waals surface area contributed by atoms with Gasteiger partial charge in [-0.1, -0.05) is 24.3 Å². The van der Waals surface area contributed by atoms with Crippen molar-refractivity contribution < 1.29 is 35.9 Å². The third-order valence-electron chi connectivity index (χ3n) is 7.04. The number of benzene rings is 2. The van der Waals surface area contributed by atoms with Gasteiger partial charge < -0.3 is 9.80 Å². The number of carbonyl (C=O) groups excluding carboxylic acids is 2. The van der Waals surface area contributed by atoms with Crippen LogP contribution in [0.5, 0.6) is 0 Å². The van der Waals surface area contributed by atoms with Gasteiger partial charge >= 0.3 is 12.4 Å². The number of hydrogen-bond acceptors (Lipinski definition) is 3. The van der Waals surface area contributed by atoms with Crippen LogP contribution in [0.3, 0.4) is 0 Å². The normalized spacial score (nSPS) is 16.3. The van der Waals surface area contributed by atoms with E-state index in [2.05, 4.69) is 4.98 Å². The van der Waals surface area contributed by atoms with E-state index >= 15 is 0 Å². The zero-order chi connectivity index (χ0) is 29.9. The Morgan fingerprint density at radius 2 is 1.61 bits per heavy atom. The quantitative estimate of drug-likeness (QED) is 0.264. The number of hydrogen-bond donors (Lipinski definition) is 0. The highest BCUT2D eigenvalue weighted by atomic mass is 19.4. The molecule has 0 aliphatic carbocycles. The first kappa shape index (κ1) is 29.8. The molecule has 2 amide bonds. The van der Waals surface area contributed by atoms with Gasteiger partial charge in [0.25, 0.3) is 5.91 Å². The van der Waals surface area contributed by atoms with E-state index in [1.54, 1.807) is 30.6 Å². The minimum Gasteiger partial charge on any atom is -0.335 e. The number of amides is 2. The molecule has 1 fully saturated rings. The van der Waals surface area contributed by atoms with Crippen molar-refractivity contribution in [3.8, 4) is 0 Å². The first-order valence-electron chi connectivity index (χ1n) is 12.8. The van der Waals surface area contributed by atoms with Crippen molar-refractivity contribution in [3.05, 3.63) is 106 Å². The summed E-state index contributed by atoms with van der Waals surface area (Å²) in [6.07, 6.45) is -3.80. The van der Waals surface area contributed by atoms with Crippen LogP contribution in [0.2, 0.25) is 0 Å². The predicted octanol–water partition coefficient (Wildman–Crippen LogP) is 6.35. The Labute approximate surface area is 233 Å². The first-order valence-corrected chi connectivity index (χ1v) is 12.8. The molecule has 1 aliphatic rings. The van der Waals surface area contributed by atoms with Crippen LogP contribution in [-0.2, 0) is 23.6 Å². The molecule has 2 heterocycles. The van der Waals surface area contributed by atoms with E-state index in [1.165, 1.54) is 15.9 Å². The maximum absolute atomic E-state index is 13.5. The number of aromatic nitrogens is 1. The van der Waals surface area contributed by atoms with Gasteiger partial charge in [0, 0.05) is 43.7 Å². The molecule has 0 saturated carbocycles. The predicted molar refractivity (Wildman–Crippen MR) is 141 cm³/mol. The first-order chi connectivity index (χ1) is 19.2. The Morgan fingerprint density at radius 3 is 2.20 bits per heavy atom. The molecule has 3 aromatic rings. The fraction of sp³-hybridized carbons (Fsp3) is 0.300. The third-order valence-corrected chi connectivity index (χ3v) is 7.04. The lowest BCUT2D eigenvalue weighted by atomic mass is 9.97. The number of alkyl halides is 6. The second-order valence-electron chi connectivity index (χ2n) is 9.97. The lowest BCUT2D eigenvalue weighted by Crippen LogP contribution is -2.57. The molecule has 11 heteroatoms. The molecule has 1 aliphatic heterocycles. The maximum atomic E-state index is 13.5. The second kappa shape index (κ2) is 11.8. The highest BCUT2D eigenvalue weighted by Gasteiger charge is 2.39. The van der Waals surface area contributed by atoms with Crippen LogP contribution in [-0.4, -0.2) is 52.3 Å². The Kier molecular flexibility index (Phi) is 8.55. The molecule has 2 aromatic carbocycles. The van der Waals surface area contributed by atoms with Gasteiger partial charge in [-0.3, -0.25) is 14.6 Å². The summed E-state index contributed by atoms with van der Waals surface area (Å²) in [5.41, 5.74) is -0.301. The van der Waals surface area contributed by atoms with Crippen LogP contribution in [0.4, 0.5) is 26.3 Å². The van der Waals surface area contributed by atoms with Crippen LogP contribution in [0.25, 0.3) is 6.08 Å². The van der Waals surface area contributed by atoms with E-state index in [4.69, 9.17) is 0 Å². The summed E-state index contributed by atoms with van der Waals surface area (Å²) in [4.78, 5) is 33.3. The maximum Gasteiger partial charge on any atom is 0.416 e. The lowest BCUT2D eigenvalue weighted by Gasteiger charge is -2.41. The van der Waals surface area contributed by atoms with Crippen molar-refractivity contribution in [1.82, 2.24) is 14.8 Å². The molecule has 216 valence electrons. The Morgan fingerprint density at radius 1 is 0.927 bits per heavy atom. The summed E-state index contributed by atoms with van der Waals surface area (Å²) in [5, 5.41) is 0. The minimum atomic E-state index is -5.08. The Balaban J connectivity index is 1.66. The van der Waals surface area contributed by atoms with Gasteiger partial charge in [-0.05, 0) is 72.9 Å². The summed E-state index contributed by atoms with van der Waals surface area (Å²) >= 11 is 0. The van der Waals surface area contributed by atoms with Gasteiger partial charge in [-0.2, -0.15) is 26.3 Å². The van der Waals surface area contributed by atoms with E-state index in [0.29, 0.717) is 17.7 Å². The second-order valence-corrected chi connectivity index (χ2v) is 9.97. The molecule has 41 heavy (non-hydrogen) atoms. The van der Waals surface area contributed by atoms with Crippen molar-refractivity contribution in [1.29, 1.82) is 0 Å². The number of nitrogens with zero attached hydrogens (tertiary/aromatic N) is 3. The van der Waals surface area contributed by atoms with Crippen LogP contribution in [0, 0.1) is 13.8 Å². The standard InChI is InChI=1S/C30H27F6N3O2/c1-19-5-6-22(12-20(19)2)13-26-18-38(27(40)8-7-21-4-3-9-37-17-21)10-11-39(26)28(41)23-14-24(29(31,32)33)16-25(15-23)30(34,35)36/h3-9,12,14-17,26H,10-11,13,18H2,1-2H3/t26-/m0/s1. The lowest BCUT2D eigenvalue weighted by molar-refractivity contribution is -0.143. The zero-order valence-corrected chi connectivity index (χ0v) is 22.3. The third kappa shape index (κ3) is 7.33. The van der Waals surface area contributed by atoms with Gasteiger partial charge in [0.2, 0.25) is 5.91 Å². The summed E-state index contributed by atoms with van der Waals surface area (Å²) in [5.74, 6) is -1.31. The number of halogens is 6. The van der Waals surface area contributed by atoms with Crippen molar-refractivity contribution in [2.24, 2.45) is 0 Å². The number of carbonyl (C=O) groups is 2. The number of pyridine rings is 1. The molecule has 0 N–H and O–H groups in total. The van der Waals surface area contributed by atoms with Gasteiger partial charge in [-0.25, -0.2) is 0 Å². The largest absolute Gasteiger partial charge is 0.416 e. The molecule has 0 radical (unpaired) electrons. The minimum absolute atomic E-state index is 0.00542. The van der Waals surface area contributed by atoms with Crippen LogP contribution < -0.4 is 0 Å². The Hall–Kier alpha value is -4.15. The highest BCUT2D eigenvalue weighted by Crippen LogP contribution is 2.37. The van der Waals surface area contributed by atoms with Crippen molar-refractivity contribution in [2.75, 3.05) is 19.6 Å². The molecule has 0 bridgehead atoms. The van der Waals surface area contributed by atoms with Crippen molar-refractivity contribution in [2.45, 2.75) is 38.7 Å². The van der Waals surface area contributed by atoms with E-state index in [1.807, 2.05) is 32.0 Å². The van der Waals surface area contributed by atoms with E-state index < -0.39 is 41.0 Å². The van der Waals surface area contributed by atoms with Crippen LogP contribution in [0.15, 0.2) is 67.0 Å². The zero-order valence-electron chi connectivity index (χ0n) is 22.3. The molecular formula is C30H27F6N3O2. The fourth-order valence-electron chi connectivity index (χ4n) is 4.69. The summed E-state index contributed by atoms with van der Waals surface area (Å²) in [6, 6.07) is 9.31. The molecule has 4 rings (SSSR count). The summed E-state index contributed by atoms with van der Waals surface area (Å²) < 4.78 is 80.8. The number of piperazine rings is 1. The average molecular weight is 576 g/mol.